The first kappa shape index (κ1) is 7.28. The van der Waals surface area contributed by atoms with Crippen LogP contribution in [0.4, 0.5) is 0 Å². The number of rotatable bonds is 3. The zero-order valence-corrected chi connectivity index (χ0v) is 6.38. The van der Waals surface area contributed by atoms with Gasteiger partial charge in [-0.3, -0.25) is 0 Å². The first-order valence-electron chi connectivity index (χ1n) is 3.61. The Balaban J connectivity index is 2.49. The summed E-state index contributed by atoms with van der Waals surface area (Å²) >= 11 is 0. The van der Waals surface area contributed by atoms with Crippen LogP contribution in [0.5, 0.6) is 0 Å². The molecule has 3 nitrogen and oxygen atoms in total. The van der Waals surface area contributed by atoms with Gasteiger partial charge in [0.2, 0.25) is 0 Å². The molecule has 1 aromatic rings. The van der Waals surface area contributed by atoms with Gasteiger partial charge in [-0.1, -0.05) is 0 Å². The molecule has 0 aliphatic rings. The number of aryl methyl sites for hydroxylation is 2. The fraction of sp³-hybridized carbons (Fsp3) is 0.571. The molecule has 56 valence electrons. The van der Waals surface area contributed by atoms with E-state index in [2.05, 4.69) is 15.3 Å². The molecule has 1 aromatic heterocycles. The summed E-state index contributed by atoms with van der Waals surface area (Å²) in [5.74, 6) is 1.09. The SMILES string of the molecule is Cc1nccn1CCC[NH3+]. The van der Waals surface area contributed by atoms with Gasteiger partial charge in [0.25, 0.3) is 0 Å². The number of imidazole rings is 1. The Morgan fingerprint density at radius 3 is 3.00 bits per heavy atom. The van der Waals surface area contributed by atoms with Gasteiger partial charge in [-0.25, -0.2) is 4.98 Å². The summed E-state index contributed by atoms with van der Waals surface area (Å²) in [6.45, 7) is 4.07. The Bertz CT molecular complexity index is 192. The average Bonchev–Trinajstić information content (AvgIpc) is 2.31. The van der Waals surface area contributed by atoms with Crippen LogP contribution >= 0.6 is 0 Å². The zero-order chi connectivity index (χ0) is 7.40. The average molecular weight is 140 g/mol. The summed E-state index contributed by atoms with van der Waals surface area (Å²) in [5.41, 5.74) is 3.78. The molecular formula is C7H14N3+. The summed E-state index contributed by atoms with van der Waals surface area (Å²) < 4.78 is 2.14. The van der Waals surface area contributed by atoms with Crippen molar-refractivity contribution in [2.45, 2.75) is 19.9 Å². The molecule has 10 heavy (non-hydrogen) atoms. The number of quaternary nitrogens is 1. The zero-order valence-electron chi connectivity index (χ0n) is 6.38. The quantitative estimate of drug-likeness (QED) is 0.622. The predicted octanol–water partition coefficient (Wildman–Crippen LogP) is -0.176. The molecule has 1 rings (SSSR count). The van der Waals surface area contributed by atoms with Gasteiger partial charge in [0.15, 0.2) is 0 Å². The fourth-order valence-corrected chi connectivity index (χ4v) is 0.922. The molecule has 0 bridgehead atoms. The second-order valence-corrected chi connectivity index (χ2v) is 2.37. The maximum atomic E-state index is 4.11. The Labute approximate surface area is 60.9 Å². The maximum Gasteiger partial charge on any atom is 0.105 e. The monoisotopic (exact) mass is 140 g/mol. The predicted molar refractivity (Wildman–Crippen MR) is 39.3 cm³/mol. The minimum Gasteiger partial charge on any atom is -0.358 e. The van der Waals surface area contributed by atoms with Gasteiger partial charge >= 0.3 is 0 Å². The molecule has 1 heterocycles. The van der Waals surface area contributed by atoms with E-state index in [1.54, 1.807) is 0 Å². The fourth-order valence-electron chi connectivity index (χ4n) is 0.922. The van der Waals surface area contributed by atoms with Crippen LogP contribution in [0.15, 0.2) is 12.4 Å². The van der Waals surface area contributed by atoms with Crippen molar-refractivity contribution in [1.29, 1.82) is 0 Å². The molecule has 0 saturated heterocycles. The van der Waals surface area contributed by atoms with Crippen molar-refractivity contribution in [3.05, 3.63) is 18.2 Å². The van der Waals surface area contributed by atoms with Crippen LogP contribution in [0.2, 0.25) is 0 Å². The molecule has 0 aliphatic heterocycles. The van der Waals surface area contributed by atoms with E-state index < -0.39 is 0 Å². The second-order valence-electron chi connectivity index (χ2n) is 2.37. The Morgan fingerprint density at radius 2 is 2.50 bits per heavy atom. The minimum absolute atomic E-state index is 0.998. The number of hydrogen-bond acceptors (Lipinski definition) is 1. The lowest BCUT2D eigenvalue weighted by molar-refractivity contribution is -0.368. The van der Waals surface area contributed by atoms with Crippen LogP contribution in [-0.4, -0.2) is 16.1 Å². The molecule has 0 unspecified atom stereocenters. The highest BCUT2D eigenvalue weighted by Crippen LogP contribution is 1.95. The Morgan fingerprint density at radius 1 is 1.70 bits per heavy atom. The second kappa shape index (κ2) is 3.37. The van der Waals surface area contributed by atoms with E-state index in [4.69, 9.17) is 0 Å². The van der Waals surface area contributed by atoms with Crippen molar-refractivity contribution >= 4 is 0 Å². The first-order chi connectivity index (χ1) is 4.84. The molecule has 3 N–H and O–H groups in total. The van der Waals surface area contributed by atoms with Crippen LogP contribution in [0.1, 0.15) is 12.2 Å². The molecule has 0 aromatic carbocycles. The highest BCUT2D eigenvalue weighted by molar-refractivity contribution is 4.87. The summed E-state index contributed by atoms with van der Waals surface area (Å²) in [7, 11) is 0. The highest BCUT2D eigenvalue weighted by Gasteiger charge is 1.94. The molecular weight excluding hydrogens is 126 g/mol. The van der Waals surface area contributed by atoms with E-state index in [0.717, 1.165) is 25.3 Å². The van der Waals surface area contributed by atoms with Crippen LogP contribution in [0, 0.1) is 6.92 Å². The molecule has 0 saturated carbocycles. The van der Waals surface area contributed by atoms with E-state index in [1.807, 2.05) is 19.3 Å². The van der Waals surface area contributed by atoms with E-state index in [9.17, 15) is 0 Å². The first-order valence-corrected chi connectivity index (χ1v) is 3.61. The molecule has 0 radical (unpaired) electrons. The van der Waals surface area contributed by atoms with Crippen molar-refractivity contribution in [2.75, 3.05) is 6.54 Å². The molecule has 0 spiro atoms. The maximum absolute atomic E-state index is 4.11. The number of aromatic nitrogens is 2. The van der Waals surface area contributed by atoms with E-state index >= 15 is 0 Å². The van der Waals surface area contributed by atoms with Crippen molar-refractivity contribution < 1.29 is 5.73 Å². The van der Waals surface area contributed by atoms with E-state index in [-0.39, 0.29) is 0 Å². The number of nitrogens with zero attached hydrogens (tertiary/aromatic N) is 2. The molecule has 0 amide bonds. The third-order valence-electron chi connectivity index (χ3n) is 1.57. The summed E-state index contributed by atoms with van der Waals surface area (Å²) in [4.78, 5) is 4.11. The lowest BCUT2D eigenvalue weighted by Crippen LogP contribution is -2.50. The van der Waals surface area contributed by atoms with Crippen molar-refractivity contribution in [3.63, 3.8) is 0 Å². The van der Waals surface area contributed by atoms with Crippen LogP contribution in [0.25, 0.3) is 0 Å². The van der Waals surface area contributed by atoms with E-state index in [1.165, 1.54) is 0 Å². The molecule has 0 fully saturated rings. The van der Waals surface area contributed by atoms with E-state index in [0.29, 0.717) is 0 Å². The third-order valence-corrected chi connectivity index (χ3v) is 1.57. The standard InChI is InChI=1S/C7H13N3/c1-7-9-4-6-10(7)5-2-3-8/h4,6H,2-3,5,8H2,1H3/p+1. The smallest absolute Gasteiger partial charge is 0.105 e. The summed E-state index contributed by atoms with van der Waals surface area (Å²) in [6.07, 6.45) is 4.97. The van der Waals surface area contributed by atoms with Gasteiger partial charge in [0.05, 0.1) is 6.54 Å². The van der Waals surface area contributed by atoms with Crippen LogP contribution < -0.4 is 5.73 Å². The normalized spacial score (nSPS) is 10.2. The largest absolute Gasteiger partial charge is 0.358 e. The Hall–Kier alpha value is -0.830. The summed E-state index contributed by atoms with van der Waals surface area (Å²) in [5, 5.41) is 0. The van der Waals surface area contributed by atoms with Gasteiger partial charge < -0.3 is 10.3 Å². The van der Waals surface area contributed by atoms with Crippen molar-refractivity contribution in [2.24, 2.45) is 0 Å². The Kier molecular flexibility index (Phi) is 2.45. The molecule has 3 heteroatoms. The van der Waals surface area contributed by atoms with Crippen LogP contribution in [-0.2, 0) is 6.54 Å². The lowest BCUT2D eigenvalue weighted by atomic mass is 10.4. The lowest BCUT2D eigenvalue weighted by Gasteiger charge is -2.00. The van der Waals surface area contributed by atoms with Gasteiger partial charge in [-0.05, 0) is 6.92 Å². The molecule has 0 atom stereocenters. The topological polar surface area (TPSA) is 45.5 Å². The molecule has 0 aliphatic carbocycles. The van der Waals surface area contributed by atoms with Gasteiger partial charge in [-0.2, -0.15) is 0 Å². The summed E-state index contributed by atoms with van der Waals surface area (Å²) in [6, 6.07) is 0. The third kappa shape index (κ3) is 1.57. The minimum atomic E-state index is 0.998. The van der Waals surface area contributed by atoms with Crippen molar-refractivity contribution in [3.8, 4) is 0 Å². The number of hydrogen-bond donors (Lipinski definition) is 1. The van der Waals surface area contributed by atoms with Crippen LogP contribution in [0.3, 0.4) is 0 Å². The highest BCUT2D eigenvalue weighted by atomic mass is 15.0. The van der Waals surface area contributed by atoms with Gasteiger partial charge in [0.1, 0.15) is 5.82 Å². The van der Waals surface area contributed by atoms with Crippen molar-refractivity contribution in [1.82, 2.24) is 9.55 Å². The van der Waals surface area contributed by atoms with Gasteiger partial charge in [0, 0.05) is 25.4 Å². The van der Waals surface area contributed by atoms with Gasteiger partial charge in [-0.15, -0.1) is 0 Å².